The molecule has 0 saturated carbocycles. The summed E-state index contributed by atoms with van der Waals surface area (Å²) in [6, 6.07) is 0. The molecule has 17 heavy (non-hydrogen) atoms. The Bertz CT molecular complexity index is 167. The van der Waals surface area contributed by atoms with Crippen LogP contribution in [0.3, 0.4) is 0 Å². The SMILES string of the molecule is CCOC(C)(OC)O[SiH3].NC(CO)(CO)CO. The quantitative estimate of drug-likeness (QED) is 0.294. The van der Waals surface area contributed by atoms with Gasteiger partial charge in [0.15, 0.2) is 10.5 Å². The topological polar surface area (TPSA) is 114 Å². The van der Waals surface area contributed by atoms with E-state index in [1.54, 1.807) is 14.0 Å². The molecular formula is C9H25NO6Si. The molecule has 0 radical (unpaired) electrons. The highest BCUT2D eigenvalue weighted by molar-refractivity contribution is 5.98. The molecule has 106 valence electrons. The zero-order valence-electron chi connectivity index (χ0n) is 11.0. The van der Waals surface area contributed by atoms with E-state index in [1.807, 2.05) is 6.92 Å². The lowest BCUT2D eigenvalue weighted by molar-refractivity contribution is -0.318. The number of ether oxygens (including phenoxy) is 2. The van der Waals surface area contributed by atoms with Gasteiger partial charge in [0.05, 0.1) is 25.4 Å². The second-order valence-corrected chi connectivity index (χ2v) is 3.95. The average molecular weight is 271 g/mol. The molecule has 0 bridgehead atoms. The lowest BCUT2D eigenvalue weighted by Gasteiger charge is -2.25. The monoisotopic (exact) mass is 271 g/mol. The van der Waals surface area contributed by atoms with Crippen molar-refractivity contribution in [3.8, 4) is 0 Å². The second-order valence-electron chi connectivity index (χ2n) is 3.54. The molecule has 0 aromatic rings. The zero-order valence-corrected chi connectivity index (χ0v) is 13.0. The van der Waals surface area contributed by atoms with Crippen LogP contribution in [-0.4, -0.2) is 70.9 Å². The summed E-state index contributed by atoms with van der Waals surface area (Å²) in [5.41, 5.74) is 3.94. The fraction of sp³-hybridized carbons (Fsp3) is 1.00. The first-order valence-corrected chi connectivity index (χ1v) is 6.04. The maximum Gasteiger partial charge on any atom is 0.269 e. The third kappa shape index (κ3) is 8.63. The van der Waals surface area contributed by atoms with Crippen LogP contribution in [0.25, 0.3) is 0 Å². The van der Waals surface area contributed by atoms with E-state index in [2.05, 4.69) is 0 Å². The van der Waals surface area contributed by atoms with Crippen molar-refractivity contribution < 1.29 is 29.2 Å². The summed E-state index contributed by atoms with van der Waals surface area (Å²) in [5, 5.41) is 25.0. The number of nitrogens with two attached hydrogens (primary N) is 1. The predicted molar refractivity (Wildman–Crippen MR) is 66.2 cm³/mol. The Morgan fingerprint density at radius 1 is 1.18 bits per heavy atom. The average Bonchev–Trinajstić information content (AvgIpc) is 2.38. The van der Waals surface area contributed by atoms with Crippen LogP contribution in [0.15, 0.2) is 0 Å². The van der Waals surface area contributed by atoms with Gasteiger partial charge in [-0.05, 0) is 6.92 Å². The number of aliphatic hydroxyl groups is 3. The van der Waals surface area contributed by atoms with Crippen molar-refractivity contribution >= 4 is 10.5 Å². The zero-order chi connectivity index (χ0) is 13.9. The van der Waals surface area contributed by atoms with Crippen LogP contribution in [0.2, 0.25) is 0 Å². The van der Waals surface area contributed by atoms with E-state index in [0.717, 1.165) is 0 Å². The first-order chi connectivity index (χ1) is 7.86. The molecule has 0 rings (SSSR count). The van der Waals surface area contributed by atoms with Crippen LogP contribution >= 0.6 is 0 Å². The van der Waals surface area contributed by atoms with Crippen molar-refractivity contribution in [3.05, 3.63) is 0 Å². The van der Waals surface area contributed by atoms with E-state index in [-0.39, 0.29) is 0 Å². The molecule has 0 aliphatic heterocycles. The molecule has 0 aromatic carbocycles. The molecular weight excluding hydrogens is 246 g/mol. The maximum atomic E-state index is 8.34. The van der Waals surface area contributed by atoms with Gasteiger partial charge in [-0.1, -0.05) is 0 Å². The number of hydrogen-bond acceptors (Lipinski definition) is 7. The van der Waals surface area contributed by atoms with E-state index in [9.17, 15) is 0 Å². The second kappa shape index (κ2) is 9.92. The Balaban J connectivity index is 0. The summed E-state index contributed by atoms with van der Waals surface area (Å²) >= 11 is 0. The lowest BCUT2D eigenvalue weighted by Crippen LogP contribution is -2.50. The third-order valence-electron chi connectivity index (χ3n) is 2.09. The van der Waals surface area contributed by atoms with Gasteiger partial charge >= 0.3 is 0 Å². The molecule has 0 saturated heterocycles. The highest BCUT2D eigenvalue weighted by atomic mass is 28.2. The van der Waals surface area contributed by atoms with Crippen molar-refractivity contribution in [1.82, 2.24) is 0 Å². The summed E-state index contributed by atoms with van der Waals surface area (Å²) in [5.74, 6) is -0.805. The van der Waals surface area contributed by atoms with Gasteiger partial charge in [-0.3, -0.25) is 0 Å². The molecule has 1 unspecified atom stereocenters. The highest BCUT2D eigenvalue weighted by Crippen LogP contribution is 2.09. The molecule has 1 atom stereocenters. The summed E-state index contributed by atoms with van der Waals surface area (Å²) < 4.78 is 15.1. The smallest absolute Gasteiger partial charge is 0.269 e. The van der Waals surface area contributed by atoms with Crippen molar-refractivity contribution in [2.45, 2.75) is 25.4 Å². The highest BCUT2D eigenvalue weighted by Gasteiger charge is 2.21. The Hall–Kier alpha value is -0.0631. The van der Waals surface area contributed by atoms with Crippen molar-refractivity contribution in [1.29, 1.82) is 0 Å². The molecule has 0 amide bonds. The number of aliphatic hydroxyl groups excluding tert-OH is 3. The van der Waals surface area contributed by atoms with Crippen molar-refractivity contribution in [3.63, 3.8) is 0 Å². The number of methoxy groups -OCH3 is 1. The Morgan fingerprint density at radius 2 is 1.59 bits per heavy atom. The van der Waals surface area contributed by atoms with Crippen LogP contribution in [0.4, 0.5) is 0 Å². The van der Waals surface area contributed by atoms with Gasteiger partial charge in [0, 0.05) is 20.6 Å². The minimum absolute atomic E-state index is 0.403. The van der Waals surface area contributed by atoms with E-state index >= 15 is 0 Å². The van der Waals surface area contributed by atoms with Gasteiger partial charge in [-0.2, -0.15) is 0 Å². The summed E-state index contributed by atoms with van der Waals surface area (Å²) in [7, 11) is 2.18. The number of rotatable bonds is 7. The molecule has 0 aliphatic rings. The summed E-state index contributed by atoms with van der Waals surface area (Å²) in [6.45, 7) is 3.05. The van der Waals surface area contributed by atoms with Gasteiger partial charge in [0.2, 0.25) is 0 Å². The van der Waals surface area contributed by atoms with Crippen molar-refractivity contribution in [2.24, 2.45) is 5.73 Å². The Labute approximate surface area is 105 Å². The van der Waals surface area contributed by atoms with E-state index in [1.165, 1.54) is 0 Å². The maximum absolute atomic E-state index is 8.34. The molecule has 8 heteroatoms. The molecule has 0 spiro atoms. The first-order valence-electron chi connectivity index (χ1n) is 5.22. The fourth-order valence-corrected chi connectivity index (χ4v) is 0.898. The van der Waals surface area contributed by atoms with Gasteiger partial charge < -0.3 is 35.0 Å². The molecule has 0 fully saturated rings. The predicted octanol–water partition coefficient (Wildman–Crippen LogP) is -2.70. The van der Waals surface area contributed by atoms with Crippen molar-refractivity contribution in [2.75, 3.05) is 33.5 Å². The van der Waals surface area contributed by atoms with Gasteiger partial charge in [-0.25, -0.2) is 0 Å². The standard InChI is InChI=1S/C5H14O3Si.C4H11NO3/c1-4-7-5(2,6-3)8-9;5-4(1-6,2-7)3-8/h4H2,1-3,9H3;6-8H,1-3,5H2. The first kappa shape index (κ1) is 19.3. The molecule has 0 aliphatic carbocycles. The minimum atomic E-state index is -1.21. The third-order valence-corrected chi connectivity index (χ3v) is 2.83. The molecule has 7 nitrogen and oxygen atoms in total. The Kier molecular flexibility index (Phi) is 11.2. The number of hydrogen-bond donors (Lipinski definition) is 4. The van der Waals surface area contributed by atoms with Crippen LogP contribution in [0.1, 0.15) is 13.8 Å². The summed E-state index contributed by atoms with van der Waals surface area (Å²) in [6.07, 6.45) is 0. The van der Waals surface area contributed by atoms with E-state index < -0.39 is 31.3 Å². The largest absolute Gasteiger partial charge is 0.394 e. The minimum Gasteiger partial charge on any atom is -0.394 e. The summed E-state index contributed by atoms with van der Waals surface area (Å²) in [4.78, 5) is 0. The van der Waals surface area contributed by atoms with Crippen LogP contribution in [0, 0.1) is 0 Å². The van der Waals surface area contributed by atoms with Crippen LogP contribution < -0.4 is 5.73 Å². The lowest BCUT2D eigenvalue weighted by atomic mass is 10.1. The normalized spacial score (nSPS) is 15.0. The molecule has 0 heterocycles. The molecule has 5 N–H and O–H groups in total. The molecule has 0 aromatic heterocycles. The fourth-order valence-electron chi connectivity index (χ4n) is 0.613. The van der Waals surface area contributed by atoms with Crippen LogP contribution in [-0.2, 0) is 13.9 Å². The Morgan fingerprint density at radius 3 is 1.65 bits per heavy atom. The van der Waals surface area contributed by atoms with Gasteiger partial charge in [-0.15, -0.1) is 0 Å². The van der Waals surface area contributed by atoms with Gasteiger partial charge in [0.25, 0.3) is 5.97 Å². The van der Waals surface area contributed by atoms with Crippen LogP contribution in [0.5, 0.6) is 0 Å². The van der Waals surface area contributed by atoms with E-state index in [4.69, 9.17) is 35.0 Å². The van der Waals surface area contributed by atoms with Gasteiger partial charge in [0.1, 0.15) is 0 Å². The van der Waals surface area contributed by atoms with E-state index in [0.29, 0.717) is 17.1 Å².